The second-order valence-corrected chi connectivity index (χ2v) is 3.26. The van der Waals surface area contributed by atoms with Crippen LogP contribution in [0.15, 0.2) is 4.99 Å². The van der Waals surface area contributed by atoms with Crippen LogP contribution in [0.4, 0.5) is 0 Å². The van der Waals surface area contributed by atoms with Crippen LogP contribution in [-0.2, 0) is 9.53 Å². The SMILES string of the molecule is CCC1N[N]C(=NC(=O)C2CC2)O1. The van der Waals surface area contributed by atoms with E-state index in [2.05, 4.69) is 15.8 Å². The molecule has 1 saturated heterocycles. The van der Waals surface area contributed by atoms with Crippen LogP contribution >= 0.6 is 0 Å². The van der Waals surface area contributed by atoms with E-state index < -0.39 is 0 Å². The smallest absolute Gasteiger partial charge is 0.333 e. The fourth-order valence-electron chi connectivity index (χ4n) is 1.05. The first kappa shape index (κ1) is 8.50. The quantitative estimate of drug-likeness (QED) is 0.661. The Labute approximate surface area is 76.5 Å². The fraction of sp³-hybridized carbons (Fsp3) is 0.750. The van der Waals surface area contributed by atoms with E-state index in [4.69, 9.17) is 4.74 Å². The second-order valence-electron chi connectivity index (χ2n) is 3.26. The average molecular weight is 182 g/mol. The van der Waals surface area contributed by atoms with Crippen LogP contribution in [0, 0.1) is 5.92 Å². The summed E-state index contributed by atoms with van der Waals surface area (Å²) in [6, 6.07) is 0.184. The highest BCUT2D eigenvalue weighted by Gasteiger charge is 2.31. The van der Waals surface area contributed by atoms with E-state index in [0.717, 1.165) is 19.3 Å². The lowest BCUT2D eigenvalue weighted by molar-refractivity contribution is -0.119. The third kappa shape index (κ3) is 1.98. The number of amides is 1. The maximum Gasteiger partial charge on any atom is 0.333 e. The molecule has 5 heteroatoms. The van der Waals surface area contributed by atoms with Crippen molar-refractivity contribution in [2.45, 2.75) is 32.4 Å². The van der Waals surface area contributed by atoms with Crippen LogP contribution in [0.2, 0.25) is 0 Å². The van der Waals surface area contributed by atoms with Crippen LogP contribution in [0.1, 0.15) is 26.2 Å². The van der Waals surface area contributed by atoms with Crippen LogP contribution in [-0.4, -0.2) is 18.2 Å². The first-order chi connectivity index (χ1) is 6.29. The van der Waals surface area contributed by atoms with Gasteiger partial charge in [0.2, 0.25) is 0 Å². The molecular weight excluding hydrogens is 170 g/mol. The maximum absolute atomic E-state index is 11.2. The summed E-state index contributed by atoms with van der Waals surface area (Å²) in [6.07, 6.45) is 2.60. The summed E-state index contributed by atoms with van der Waals surface area (Å²) < 4.78 is 5.21. The van der Waals surface area contributed by atoms with Crippen molar-refractivity contribution in [3.05, 3.63) is 0 Å². The number of carbonyl (C=O) groups is 1. The van der Waals surface area contributed by atoms with Crippen molar-refractivity contribution in [3.8, 4) is 0 Å². The molecule has 0 aromatic heterocycles. The van der Waals surface area contributed by atoms with E-state index in [1.807, 2.05) is 6.92 Å². The molecule has 1 radical (unpaired) electrons. The summed E-state index contributed by atoms with van der Waals surface area (Å²) in [7, 11) is 0. The van der Waals surface area contributed by atoms with Gasteiger partial charge in [0.1, 0.15) is 0 Å². The largest absolute Gasteiger partial charge is 0.442 e. The van der Waals surface area contributed by atoms with Gasteiger partial charge in [-0.25, -0.2) is 0 Å². The Morgan fingerprint density at radius 3 is 3.08 bits per heavy atom. The normalized spacial score (nSPS) is 29.9. The van der Waals surface area contributed by atoms with Gasteiger partial charge in [-0.3, -0.25) is 4.79 Å². The summed E-state index contributed by atoms with van der Waals surface area (Å²) in [6.45, 7) is 1.97. The molecule has 13 heavy (non-hydrogen) atoms. The van der Waals surface area contributed by atoms with Crippen LogP contribution in [0.3, 0.4) is 0 Å². The number of carbonyl (C=O) groups excluding carboxylic acids is 1. The Morgan fingerprint density at radius 2 is 2.54 bits per heavy atom. The zero-order valence-corrected chi connectivity index (χ0v) is 7.49. The molecule has 1 aliphatic heterocycles. The molecule has 5 nitrogen and oxygen atoms in total. The molecule has 1 N–H and O–H groups in total. The number of nitrogens with zero attached hydrogens (tertiary/aromatic N) is 2. The highest BCUT2D eigenvalue weighted by molar-refractivity contribution is 5.92. The molecule has 0 spiro atoms. The van der Waals surface area contributed by atoms with Crippen molar-refractivity contribution >= 4 is 11.9 Å². The summed E-state index contributed by atoms with van der Waals surface area (Å²) in [4.78, 5) is 15.0. The van der Waals surface area contributed by atoms with Crippen molar-refractivity contribution in [2.75, 3.05) is 0 Å². The van der Waals surface area contributed by atoms with Crippen LogP contribution < -0.4 is 10.9 Å². The van der Waals surface area contributed by atoms with Crippen molar-refractivity contribution in [1.82, 2.24) is 10.9 Å². The van der Waals surface area contributed by atoms with Gasteiger partial charge in [0, 0.05) is 5.92 Å². The lowest BCUT2D eigenvalue weighted by atomic mass is 10.4. The molecule has 1 aliphatic carbocycles. The number of amidine groups is 1. The van der Waals surface area contributed by atoms with E-state index in [0.29, 0.717) is 0 Å². The Bertz CT molecular complexity index is 248. The second kappa shape index (κ2) is 3.33. The highest BCUT2D eigenvalue weighted by atomic mass is 16.5. The lowest BCUT2D eigenvalue weighted by Crippen LogP contribution is -2.25. The predicted octanol–water partition coefficient (Wildman–Crippen LogP) is 0.154. The molecule has 0 aromatic rings. The Balaban J connectivity index is 1.89. The molecular formula is C8H12N3O2. The summed E-state index contributed by atoms with van der Waals surface area (Å²) >= 11 is 0. The Hall–Kier alpha value is -1.10. The van der Waals surface area contributed by atoms with Crippen LogP contribution in [0.5, 0.6) is 0 Å². The molecule has 2 fully saturated rings. The molecule has 1 amide bonds. The first-order valence-corrected chi connectivity index (χ1v) is 4.55. The zero-order valence-electron chi connectivity index (χ0n) is 7.49. The summed E-state index contributed by atoms with van der Waals surface area (Å²) in [5.41, 5.74) is 6.54. The van der Waals surface area contributed by atoms with Gasteiger partial charge >= 0.3 is 6.02 Å². The zero-order chi connectivity index (χ0) is 9.26. The molecule has 1 atom stereocenters. The van der Waals surface area contributed by atoms with Crippen molar-refractivity contribution < 1.29 is 9.53 Å². The minimum atomic E-state index is -0.120. The maximum atomic E-state index is 11.2. The van der Waals surface area contributed by atoms with Crippen LogP contribution in [0.25, 0.3) is 0 Å². The minimum Gasteiger partial charge on any atom is -0.442 e. The number of ether oxygens (including phenoxy) is 1. The van der Waals surface area contributed by atoms with Gasteiger partial charge in [-0.2, -0.15) is 10.4 Å². The number of aliphatic imine (C=N–C) groups is 1. The monoisotopic (exact) mass is 182 g/mol. The van der Waals surface area contributed by atoms with Crippen molar-refractivity contribution in [3.63, 3.8) is 0 Å². The summed E-state index contributed by atoms with van der Waals surface area (Å²) in [5.74, 6) is 0.0317. The lowest BCUT2D eigenvalue weighted by Gasteiger charge is -2.01. The molecule has 2 rings (SSSR count). The van der Waals surface area contributed by atoms with E-state index in [1.54, 1.807) is 0 Å². The first-order valence-electron chi connectivity index (χ1n) is 4.55. The molecule has 1 saturated carbocycles. The Morgan fingerprint density at radius 1 is 1.77 bits per heavy atom. The molecule has 2 aliphatic rings. The van der Waals surface area contributed by atoms with Gasteiger partial charge in [-0.15, -0.1) is 5.43 Å². The fourth-order valence-corrected chi connectivity index (χ4v) is 1.05. The third-order valence-electron chi connectivity index (χ3n) is 2.06. The summed E-state index contributed by atoms with van der Waals surface area (Å²) in [5, 5.41) is 0. The number of hydrogen-bond donors (Lipinski definition) is 1. The highest BCUT2D eigenvalue weighted by Crippen LogP contribution is 2.30. The number of hydrogen-bond acceptors (Lipinski definition) is 3. The van der Waals surface area contributed by atoms with Gasteiger partial charge in [0.25, 0.3) is 5.91 Å². The van der Waals surface area contributed by atoms with Crippen molar-refractivity contribution in [2.24, 2.45) is 10.9 Å². The Kier molecular flexibility index (Phi) is 2.18. The van der Waals surface area contributed by atoms with E-state index >= 15 is 0 Å². The topological polar surface area (TPSA) is 64.8 Å². The molecule has 71 valence electrons. The van der Waals surface area contributed by atoms with Gasteiger partial charge in [-0.1, -0.05) is 6.92 Å². The average Bonchev–Trinajstić information content (AvgIpc) is 2.88. The van der Waals surface area contributed by atoms with Crippen molar-refractivity contribution in [1.29, 1.82) is 0 Å². The molecule has 1 heterocycles. The van der Waals surface area contributed by atoms with Gasteiger partial charge in [-0.05, 0) is 19.3 Å². The minimum absolute atomic E-state index is 0.0997. The van der Waals surface area contributed by atoms with Gasteiger partial charge in [0.15, 0.2) is 6.23 Å². The molecule has 0 aromatic carbocycles. The number of rotatable bonds is 2. The van der Waals surface area contributed by atoms with Gasteiger partial charge in [0.05, 0.1) is 0 Å². The molecule has 0 bridgehead atoms. The van der Waals surface area contributed by atoms with E-state index in [9.17, 15) is 4.79 Å². The van der Waals surface area contributed by atoms with E-state index in [-0.39, 0.29) is 24.1 Å². The van der Waals surface area contributed by atoms with Gasteiger partial charge < -0.3 is 4.74 Å². The number of nitrogens with one attached hydrogen (secondary N) is 1. The third-order valence-corrected chi connectivity index (χ3v) is 2.06. The van der Waals surface area contributed by atoms with E-state index in [1.165, 1.54) is 0 Å². The standard InChI is InChI=1S/C8H12N3O2/c1-2-6-10-11-8(13-6)9-7(12)5-3-4-5/h5-6,10H,2-4H2,1H3. The molecule has 1 unspecified atom stereocenters. The predicted molar refractivity (Wildman–Crippen MR) is 45.6 cm³/mol.